The number of hydrogen-bond acceptors (Lipinski definition) is 6. The largest absolute Gasteiger partial charge is 0.477 e. The van der Waals surface area contributed by atoms with E-state index in [1.807, 2.05) is 37.3 Å². The highest BCUT2D eigenvalue weighted by Gasteiger charge is 2.15. The minimum Gasteiger partial charge on any atom is -0.477 e. The Morgan fingerprint density at radius 3 is 2.89 bits per heavy atom. The van der Waals surface area contributed by atoms with Gasteiger partial charge in [-0.3, -0.25) is 4.79 Å². The molecule has 1 N–H and O–H groups in total. The lowest BCUT2D eigenvalue weighted by molar-refractivity contribution is 0.0945. The fraction of sp³-hybridized carbons (Fsp3) is 0.150. The third kappa shape index (κ3) is 3.52. The van der Waals surface area contributed by atoms with Gasteiger partial charge in [0.1, 0.15) is 16.8 Å². The van der Waals surface area contributed by atoms with Gasteiger partial charge in [0.05, 0.1) is 13.2 Å². The number of nitrogens with zero attached hydrogens (tertiary/aromatic N) is 2. The van der Waals surface area contributed by atoms with Crippen molar-refractivity contribution in [3.8, 4) is 17.4 Å². The molecule has 0 radical (unpaired) electrons. The summed E-state index contributed by atoms with van der Waals surface area (Å²) >= 11 is 0. The molecule has 0 saturated heterocycles. The Kier molecular flexibility index (Phi) is 4.57. The minimum absolute atomic E-state index is 0.211. The van der Waals surface area contributed by atoms with E-state index < -0.39 is 0 Å². The first-order valence-electron chi connectivity index (χ1n) is 8.55. The summed E-state index contributed by atoms with van der Waals surface area (Å²) in [5.41, 5.74) is 1.74. The molecule has 0 aliphatic carbocycles. The van der Waals surface area contributed by atoms with Gasteiger partial charge in [0.25, 0.3) is 5.91 Å². The number of benzene rings is 1. The van der Waals surface area contributed by atoms with Gasteiger partial charge < -0.3 is 19.0 Å². The molecular weight excluding hydrogens is 346 g/mol. The normalized spacial score (nSPS) is 10.9. The van der Waals surface area contributed by atoms with Crippen molar-refractivity contribution in [3.63, 3.8) is 0 Å². The number of carbonyl (C=O) groups excluding carboxylic acids is 1. The number of pyridine rings is 1. The molecule has 0 aliphatic rings. The molecule has 1 aromatic carbocycles. The Morgan fingerprint density at radius 1 is 1.15 bits per heavy atom. The number of aromatic nitrogens is 2. The maximum absolute atomic E-state index is 12.4. The van der Waals surface area contributed by atoms with Crippen molar-refractivity contribution in [1.82, 2.24) is 15.5 Å². The van der Waals surface area contributed by atoms with E-state index in [1.54, 1.807) is 24.4 Å². The molecule has 0 bridgehead atoms. The lowest BCUT2D eigenvalue weighted by atomic mass is 10.2. The first-order valence-corrected chi connectivity index (χ1v) is 8.55. The van der Waals surface area contributed by atoms with Gasteiger partial charge in [-0.2, -0.15) is 0 Å². The average molecular weight is 363 g/mol. The number of para-hydroxylation sites is 1. The second-order valence-electron chi connectivity index (χ2n) is 5.80. The molecule has 0 fully saturated rings. The molecule has 7 nitrogen and oxygen atoms in total. The number of furan rings is 1. The molecule has 7 heteroatoms. The van der Waals surface area contributed by atoms with Gasteiger partial charge >= 0.3 is 0 Å². The summed E-state index contributed by atoms with van der Waals surface area (Å²) in [6.45, 7) is 2.48. The summed E-state index contributed by atoms with van der Waals surface area (Å²) in [5, 5.41) is 7.77. The van der Waals surface area contributed by atoms with Gasteiger partial charge in [-0.15, -0.1) is 0 Å². The zero-order chi connectivity index (χ0) is 18.6. The first kappa shape index (κ1) is 16.8. The number of ether oxygens (including phenoxy) is 1. The lowest BCUT2D eigenvalue weighted by Crippen LogP contribution is -2.24. The SMILES string of the molecule is CCOc1ncccc1C(=O)NCc1cc(-c2cc3ccccc3o2)on1. The molecular formula is C20H17N3O4. The van der Waals surface area contributed by atoms with Crippen LogP contribution in [0, 0.1) is 0 Å². The number of nitrogens with one attached hydrogen (secondary N) is 1. The predicted octanol–water partition coefficient (Wildman–Crippen LogP) is 3.81. The summed E-state index contributed by atoms with van der Waals surface area (Å²) in [4.78, 5) is 16.5. The van der Waals surface area contributed by atoms with E-state index in [9.17, 15) is 4.79 Å². The van der Waals surface area contributed by atoms with Crippen LogP contribution in [-0.4, -0.2) is 22.7 Å². The van der Waals surface area contributed by atoms with Crippen LogP contribution in [0.4, 0.5) is 0 Å². The van der Waals surface area contributed by atoms with Gasteiger partial charge in [0, 0.05) is 17.6 Å². The highest BCUT2D eigenvalue weighted by Crippen LogP contribution is 2.28. The van der Waals surface area contributed by atoms with E-state index in [1.165, 1.54) is 0 Å². The summed E-state index contributed by atoms with van der Waals surface area (Å²) < 4.78 is 16.5. The van der Waals surface area contributed by atoms with Crippen molar-refractivity contribution in [3.05, 3.63) is 66.0 Å². The quantitative estimate of drug-likeness (QED) is 0.560. The third-order valence-electron chi connectivity index (χ3n) is 3.95. The second kappa shape index (κ2) is 7.33. The Morgan fingerprint density at radius 2 is 2.04 bits per heavy atom. The van der Waals surface area contributed by atoms with E-state index in [0.717, 1.165) is 11.0 Å². The number of amides is 1. The molecule has 27 heavy (non-hydrogen) atoms. The molecule has 0 unspecified atom stereocenters. The molecule has 0 saturated carbocycles. The maximum atomic E-state index is 12.4. The van der Waals surface area contributed by atoms with Crippen molar-refractivity contribution in [1.29, 1.82) is 0 Å². The summed E-state index contributed by atoms with van der Waals surface area (Å²) in [5.74, 6) is 1.11. The highest BCUT2D eigenvalue weighted by molar-refractivity contribution is 5.96. The van der Waals surface area contributed by atoms with Gasteiger partial charge in [-0.05, 0) is 31.2 Å². The Labute approximate surface area is 154 Å². The third-order valence-corrected chi connectivity index (χ3v) is 3.95. The summed E-state index contributed by atoms with van der Waals surface area (Å²) in [6.07, 6.45) is 1.58. The van der Waals surface area contributed by atoms with E-state index in [4.69, 9.17) is 13.7 Å². The molecule has 4 aromatic rings. The monoisotopic (exact) mass is 363 g/mol. The fourth-order valence-corrected chi connectivity index (χ4v) is 2.70. The standard InChI is InChI=1S/C20H17N3O4/c1-2-25-20-15(7-5-9-21-20)19(24)22-12-14-11-18(27-23-14)17-10-13-6-3-4-8-16(13)26-17/h3-11H,2,12H2,1H3,(H,22,24). The average Bonchev–Trinajstić information content (AvgIpc) is 3.33. The minimum atomic E-state index is -0.292. The second-order valence-corrected chi connectivity index (χ2v) is 5.80. The van der Waals surface area contributed by atoms with Crippen LogP contribution in [0.5, 0.6) is 5.88 Å². The summed E-state index contributed by atoms with van der Waals surface area (Å²) in [7, 11) is 0. The molecule has 136 valence electrons. The molecule has 0 aliphatic heterocycles. The Hall–Kier alpha value is -3.61. The van der Waals surface area contributed by atoms with Crippen LogP contribution in [0.1, 0.15) is 23.0 Å². The van der Waals surface area contributed by atoms with Crippen LogP contribution in [0.25, 0.3) is 22.5 Å². The number of carbonyl (C=O) groups is 1. The van der Waals surface area contributed by atoms with Crippen LogP contribution >= 0.6 is 0 Å². The first-order chi connectivity index (χ1) is 13.2. The van der Waals surface area contributed by atoms with Crippen molar-refractivity contribution >= 4 is 16.9 Å². The van der Waals surface area contributed by atoms with E-state index in [0.29, 0.717) is 35.3 Å². The van der Waals surface area contributed by atoms with Crippen molar-refractivity contribution in [2.45, 2.75) is 13.5 Å². The molecule has 0 spiro atoms. The van der Waals surface area contributed by atoms with E-state index in [2.05, 4.69) is 15.5 Å². The number of fused-ring (bicyclic) bond motifs is 1. The summed E-state index contributed by atoms with van der Waals surface area (Å²) in [6, 6.07) is 14.7. The van der Waals surface area contributed by atoms with E-state index in [-0.39, 0.29) is 12.5 Å². The zero-order valence-electron chi connectivity index (χ0n) is 14.6. The molecule has 3 heterocycles. The topological polar surface area (TPSA) is 90.4 Å². The maximum Gasteiger partial charge on any atom is 0.257 e. The molecule has 1 amide bonds. The van der Waals surface area contributed by atoms with Crippen molar-refractivity contribution in [2.75, 3.05) is 6.61 Å². The Balaban J connectivity index is 1.46. The smallest absolute Gasteiger partial charge is 0.257 e. The lowest BCUT2D eigenvalue weighted by Gasteiger charge is -2.08. The Bertz CT molecular complexity index is 1050. The van der Waals surface area contributed by atoms with Gasteiger partial charge in [0.15, 0.2) is 5.76 Å². The highest BCUT2D eigenvalue weighted by atomic mass is 16.5. The van der Waals surface area contributed by atoms with Crippen LogP contribution in [0.3, 0.4) is 0 Å². The van der Waals surface area contributed by atoms with E-state index >= 15 is 0 Å². The van der Waals surface area contributed by atoms with Crippen molar-refractivity contribution < 1.29 is 18.5 Å². The van der Waals surface area contributed by atoms with Gasteiger partial charge in [-0.25, -0.2) is 4.98 Å². The fourth-order valence-electron chi connectivity index (χ4n) is 2.70. The van der Waals surface area contributed by atoms with Gasteiger partial charge in [0.2, 0.25) is 11.6 Å². The molecule has 0 atom stereocenters. The zero-order valence-corrected chi connectivity index (χ0v) is 14.6. The van der Waals surface area contributed by atoms with Crippen molar-refractivity contribution in [2.24, 2.45) is 0 Å². The molecule has 4 rings (SSSR count). The van der Waals surface area contributed by atoms with Crippen LogP contribution in [-0.2, 0) is 6.54 Å². The number of hydrogen-bond donors (Lipinski definition) is 1. The van der Waals surface area contributed by atoms with Crippen LogP contribution in [0.15, 0.2) is 63.7 Å². The van der Waals surface area contributed by atoms with Crippen LogP contribution in [0.2, 0.25) is 0 Å². The molecule has 3 aromatic heterocycles. The van der Waals surface area contributed by atoms with Gasteiger partial charge in [-0.1, -0.05) is 23.4 Å². The number of rotatable bonds is 6. The predicted molar refractivity (Wildman–Crippen MR) is 98.3 cm³/mol. The van der Waals surface area contributed by atoms with Crippen LogP contribution < -0.4 is 10.1 Å².